The van der Waals surface area contributed by atoms with Crippen LogP contribution in [-0.2, 0) is 23.9 Å². The van der Waals surface area contributed by atoms with Crippen LogP contribution in [0.2, 0.25) is 0 Å². The smallest absolute Gasteiger partial charge is 0.315 e. The number of hydrogen-bond acceptors (Lipinski definition) is 6. The summed E-state index contributed by atoms with van der Waals surface area (Å²) in [6, 6.07) is -3.53. The van der Waals surface area contributed by atoms with Crippen LogP contribution in [0.25, 0.3) is 0 Å². The summed E-state index contributed by atoms with van der Waals surface area (Å²) < 4.78 is 5.30. The zero-order chi connectivity index (χ0) is 27.6. The molecule has 1 heterocycles. The van der Waals surface area contributed by atoms with Crippen molar-refractivity contribution in [1.29, 1.82) is 0 Å². The SMILES string of the molecule is CCC(C)(C)[C@@H](COC)NC(=O)N[C@H](C(=O)N1C[C@@H]2C[C@@H]2[C@H]1C(=O)NC(C)C(=O)C(N)=O)C(C)(C)C. The number of fused-ring (bicyclic) bond motifs is 1. The fraction of sp³-hybridized carbons (Fsp3) is 0.800. The van der Waals surface area contributed by atoms with Gasteiger partial charge in [0.15, 0.2) is 0 Å². The molecule has 5 amide bonds. The van der Waals surface area contributed by atoms with E-state index in [1.54, 1.807) is 7.11 Å². The van der Waals surface area contributed by atoms with Gasteiger partial charge in [-0.05, 0) is 42.4 Å². The number of nitrogens with two attached hydrogens (primary N) is 1. The number of nitrogens with one attached hydrogen (secondary N) is 3. The van der Waals surface area contributed by atoms with Crippen molar-refractivity contribution in [3.05, 3.63) is 0 Å². The molecular weight excluding hydrogens is 466 g/mol. The highest BCUT2D eigenvalue weighted by Crippen LogP contribution is 2.50. The molecule has 2 fully saturated rings. The van der Waals surface area contributed by atoms with Gasteiger partial charge in [-0.3, -0.25) is 19.2 Å². The Morgan fingerprint density at radius 3 is 2.17 bits per heavy atom. The van der Waals surface area contributed by atoms with E-state index in [0.29, 0.717) is 13.2 Å². The Morgan fingerprint density at radius 2 is 1.67 bits per heavy atom. The minimum Gasteiger partial charge on any atom is -0.383 e. The fourth-order valence-electron chi connectivity index (χ4n) is 4.63. The Labute approximate surface area is 213 Å². The Kier molecular flexibility index (Phi) is 9.15. The standard InChI is InChI=1S/C25H43N5O6/c1-9-25(6,7)16(12-36-8)28-23(35)29-19(24(3,4)5)22(34)30-11-14-10-15(14)17(30)21(33)27-13(2)18(31)20(26)32/h13-17,19H,9-12H2,1-8H3,(H2,26,32)(H,27,33)(H2,28,29,35)/t13?,14-,15-,16+,17-,19+/m0/s1. The van der Waals surface area contributed by atoms with Crippen molar-refractivity contribution in [3.8, 4) is 0 Å². The summed E-state index contributed by atoms with van der Waals surface area (Å²) in [5.41, 5.74) is 4.17. The van der Waals surface area contributed by atoms with Crippen LogP contribution in [0.1, 0.15) is 61.3 Å². The largest absolute Gasteiger partial charge is 0.383 e. The molecule has 1 saturated carbocycles. The average molecular weight is 510 g/mol. The molecule has 0 aromatic carbocycles. The Bertz CT molecular complexity index is 883. The van der Waals surface area contributed by atoms with E-state index < -0.39 is 47.2 Å². The van der Waals surface area contributed by atoms with E-state index in [0.717, 1.165) is 12.8 Å². The van der Waals surface area contributed by atoms with Gasteiger partial charge >= 0.3 is 6.03 Å². The van der Waals surface area contributed by atoms with Gasteiger partial charge in [-0.2, -0.15) is 0 Å². The summed E-state index contributed by atoms with van der Waals surface area (Å²) in [6.07, 6.45) is 1.62. The summed E-state index contributed by atoms with van der Waals surface area (Å²) >= 11 is 0. The van der Waals surface area contributed by atoms with Gasteiger partial charge < -0.3 is 31.3 Å². The number of urea groups is 1. The zero-order valence-corrected chi connectivity index (χ0v) is 22.8. The Morgan fingerprint density at radius 1 is 1.06 bits per heavy atom. The highest BCUT2D eigenvalue weighted by atomic mass is 16.5. The quantitative estimate of drug-likeness (QED) is 0.298. The fourth-order valence-corrected chi connectivity index (χ4v) is 4.63. The van der Waals surface area contributed by atoms with Gasteiger partial charge in [0.05, 0.1) is 18.7 Å². The molecule has 5 N–H and O–H groups in total. The summed E-state index contributed by atoms with van der Waals surface area (Å²) in [7, 11) is 1.57. The number of carbonyl (C=O) groups excluding carboxylic acids is 5. The first-order chi connectivity index (χ1) is 16.5. The Hall–Kier alpha value is -2.69. The van der Waals surface area contributed by atoms with Crippen molar-refractivity contribution in [2.75, 3.05) is 20.3 Å². The molecule has 0 aromatic rings. The van der Waals surface area contributed by atoms with Crippen molar-refractivity contribution in [2.24, 2.45) is 28.4 Å². The van der Waals surface area contributed by atoms with E-state index in [1.807, 2.05) is 41.5 Å². The van der Waals surface area contributed by atoms with Crippen LogP contribution in [0, 0.1) is 22.7 Å². The molecule has 1 unspecified atom stereocenters. The topological polar surface area (TPSA) is 160 Å². The molecule has 36 heavy (non-hydrogen) atoms. The summed E-state index contributed by atoms with van der Waals surface area (Å²) in [6.45, 7) is 13.7. The first-order valence-electron chi connectivity index (χ1n) is 12.6. The molecule has 2 rings (SSSR count). The van der Waals surface area contributed by atoms with E-state index in [2.05, 4.69) is 16.0 Å². The number of hydrogen-bond donors (Lipinski definition) is 4. The monoisotopic (exact) mass is 509 g/mol. The third-order valence-corrected chi connectivity index (χ3v) is 7.58. The van der Waals surface area contributed by atoms with Crippen molar-refractivity contribution in [1.82, 2.24) is 20.9 Å². The predicted octanol–water partition coefficient (Wildman–Crippen LogP) is 0.558. The third kappa shape index (κ3) is 6.74. The number of rotatable bonds is 11. The van der Waals surface area contributed by atoms with Crippen LogP contribution in [0.3, 0.4) is 0 Å². The molecule has 204 valence electrons. The van der Waals surface area contributed by atoms with Crippen molar-refractivity contribution >= 4 is 29.5 Å². The molecule has 2 aliphatic rings. The minimum absolute atomic E-state index is 0.0179. The third-order valence-electron chi connectivity index (χ3n) is 7.58. The normalized spacial score (nSPS) is 23.7. The molecule has 0 spiro atoms. The zero-order valence-electron chi connectivity index (χ0n) is 22.8. The number of nitrogens with zero attached hydrogens (tertiary/aromatic N) is 1. The second-order valence-electron chi connectivity index (χ2n) is 11.8. The summed E-state index contributed by atoms with van der Waals surface area (Å²) in [5, 5.41) is 8.32. The number of likely N-dealkylation sites (tertiary alicyclic amines) is 1. The number of ketones is 1. The van der Waals surface area contributed by atoms with Crippen LogP contribution in [0.5, 0.6) is 0 Å². The number of amides is 5. The number of Topliss-reactive ketones (excluding diaryl/α,β-unsaturated/α-hetero) is 1. The summed E-state index contributed by atoms with van der Waals surface area (Å²) in [5.74, 6) is -2.73. The van der Waals surface area contributed by atoms with Crippen LogP contribution >= 0.6 is 0 Å². The van der Waals surface area contributed by atoms with E-state index >= 15 is 0 Å². The predicted molar refractivity (Wildman–Crippen MR) is 134 cm³/mol. The maximum absolute atomic E-state index is 13.7. The lowest BCUT2D eigenvalue weighted by atomic mass is 9.82. The maximum atomic E-state index is 13.7. The second-order valence-corrected chi connectivity index (χ2v) is 11.8. The molecule has 0 radical (unpaired) electrons. The lowest BCUT2D eigenvalue weighted by Crippen LogP contribution is -2.62. The van der Waals surface area contributed by atoms with Crippen LogP contribution in [0.4, 0.5) is 4.79 Å². The lowest BCUT2D eigenvalue weighted by molar-refractivity contribution is -0.144. The molecule has 0 aromatic heterocycles. The highest BCUT2D eigenvalue weighted by Gasteiger charge is 2.58. The van der Waals surface area contributed by atoms with Crippen LogP contribution in [0.15, 0.2) is 0 Å². The van der Waals surface area contributed by atoms with E-state index in [4.69, 9.17) is 10.5 Å². The second kappa shape index (κ2) is 11.1. The number of methoxy groups -OCH3 is 1. The Balaban J connectivity index is 2.19. The van der Waals surface area contributed by atoms with Gasteiger partial charge in [-0.15, -0.1) is 0 Å². The molecule has 11 nitrogen and oxygen atoms in total. The first-order valence-corrected chi connectivity index (χ1v) is 12.6. The van der Waals surface area contributed by atoms with Crippen molar-refractivity contribution in [3.63, 3.8) is 0 Å². The van der Waals surface area contributed by atoms with Gasteiger partial charge in [0.2, 0.25) is 17.6 Å². The van der Waals surface area contributed by atoms with Gasteiger partial charge in [-0.25, -0.2) is 4.79 Å². The van der Waals surface area contributed by atoms with Crippen LogP contribution in [-0.4, -0.2) is 78.9 Å². The number of carbonyl (C=O) groups is 5. The molecule has 0 bridgehead atoms. The maximum Gasteiger partial charge on any atom is 0.315 e. The molecule has 1 saturated heterocycles. The van der Waals surface area contributed by atoms with E-state index in [1.165, 1.54) is 11.8 Å². The lowest BCUT2D eigenvalue weighted by Gasteiger charge is -2.38. The summed E-state index contributed by atoms with van der Waals surface area (Å²) in [4.78, 5) is 64.4. The number of ether oxygens (including phenoxy) is 1. The average Bonchev–Trinajstić information content (AvgIpc) is 3.44. The molecule has 1 aliphatic carbocycles. The molecule has 1 aliphatic heterocycles. The van der Waals surface area contributed by atoms with Gasteiger partial charge in [0.25, 0.3) is 5.91 Å². The minimum atomic E-state index is -1.13. The van der Waals surface area contributed by atoms with Gasteiger partial charge in [0.1, 0.15) is 12.1 Å². The number of piperidine rings is 1. The van der Waals surface area contributed by atoms with Crippen molar-refractivity contribution in [2.45, 2.75) is 85.5 Å². The van der Waals surface area contributed by atoms with Crippen molar-refractivity contribution < 1.29 is 28.7 Å². The van der Waals surface area contributed by atoms with E-state index in [9.17, 15) is 24.0 Å². The molecular formula is C25H43N5O6. The molecule has 6 atom stereocenters. The first kappa shape index (κ1) is 29.5. The van der Waals surface area contributed by atoms with Gasteiger partial charge in [0, 0.05) is 13.7 Å². The highest BCUT2D eigenvalue weighted by molar-refractivity contribution is 6.37. The number of primary amides is 1. The van der Waals surface area contributed by atoms with Crippen LogP contribution < -0.4 is 21.7 Å². The molecule has 11 heteroatoms. The van der Waals surface area contributed by atoms with Gasteiger partial charge in [-0.1, -0.05) is 41.5 Å². The van der Waals surface area contributed by atoms with E-state index in [-0.39, 0.29) is 29.2 Å².